The average molecular weight is 502 g/mol. The van der Waals surface area contributed by atoms with E-state index in [9.17, 15) is 14.4 Å². The van der Waals surface area contributed by atoms with Gasteiger partial charge in [-0.2, -0.15) is 0 Å². The molecule has 2 atom stereocenters. The maximum absolute atomic E-state index is 13.7. The van der Waals surface area contributed by atoms with Gasteiger partial charge in [0.1, 0.15) is 17.7 Å². The first kappa shape index (κ1) is 31.2. The van der Waals surface area contributed by atoms with Crippen molar-refractivity contribution < 1.29 is 19.1 Å². The molecular weight excluding hydrogens is 454 g/mol. The van der Waals surface area contributed by atoms with Crippen LogP contribution in [0.5, 0.6) is 0 Å². The third-order valence-electron chi connectivity index (χ3n) is 5.74. The van der Waals surface area contributed by atoms with Crippen LogP contribution in [-0.4, -0.2) is 47.5 Å². The second kappa shape index (κ2) is 16.0. The molecule has 3 amide bonds. The third kappa shape index (κ3) is 11.3. The molecule has 36 heavy (non-hydrogen) atoms. The summed E-state index contributed by atoms with van der Waals surface area (Å²) in [4.78, 5) is 41.2. The highest BCUT2D eigenvalue weighted by Gasteiger charge is 2.34. The molecule has 0 radical (unpaired) electrons. The summed E-state index contributed by atoms with van der Waals surface area (Å²) in [5, 5.41) is 5.65. The summed E-state index contributed by atoms with van der Waals surface area (Å²) in [6.45, 7) is 15.9. The van der Waals surface area contributed by atoms with Crippen LogP contribution < -0.4 is 10.6 Å². The van der Waals surface area contributed by atoms with Gasteiger partial charge >= 0.3 is 6.09 Å². The van der Waals surface area contributed by atoms with Crippen LogP contribution in [0.15, 0.2) is 30.8 Å². The van der Waals surface area contributed by atoms with Crippen molar-refractivity contribution in [3.05, 3.63) is 42.0 Å². The standard InChI is InChI=1S/C29H47N3O4/c1-8-11-13-14-15-20-32(27(34)22(4)31-28(35)36-29(5,6)7)25(26(33)30-19-12-9-2)24-18-16-17-23(10-3)21-24/h10,16-18,21-22,25H,3,8-9,11-15,19-20H2,1-2,4-7H3,(H,30,33)(H,31,35). The van der Waals surface area contributed by atoms with Crippen LogP contribution in [-0.2, 0) is 14.3 Å². The Labute approximate surface area is 218 Å². The van der Waals surface area contributed by atoms with E-state index in [2.05, 4.69) is 31.1 Å². The van der Waals surface area contributed by atoms with E-state index in [4.69, 9.17) is 4.74 Å². The number of alkyl carbamates (subject to hydrolysis) is 1. The van der Waals surface area contributed by atoms with Gasteiger partial charge in [-0.25, -0.2) is 4.79 Å². The van der Waals surface area contributed by atoms with Crippen LogP contribution in [0.4, 0.5) is 4.79 Å². The SMILES string of the molecule is C=Cc1cccc(C(C(=O)NCCCC)N(CCCCCCC)C(=O)C(C)NC(=O)OC(C)(C)C)c1. The second-order valence-electron chi connectivity index (χ2n) is 10.2. The Morgan fingerprint density at radius 3 is 2.33 bits per heavy atom. The third-order valence-corrected chi connectivity index (χ3v) is 5.74. The predicted molar refractivity (Wildman–Crippen MR) is 146 cm³/mol. The monoisotopic (exact) mass is 501 g/mol. The molecule has 1 aromatic carbocycles. The minimum absolute atomic E-state index is 0.226. The molecule has 0 aromatic heterocycles. The maximum Gasteiger partial charge on any atom is 0.408 e. The Morgan fingerprint density at radius 2 is 1.72 bits per heavy atom. The zero-order chi connectivity index (χ0) is 27.1. The quantitative estimate of drug-likeness (QED) is 0.289. The molecule has 202 valence electrons. The Balaban J connectivity index is 3.29. The van der Waals surface area contributed by atoms with Gasteiger partial charge in [-0.15, -0.1) is 0 Å². The van der Waals surface area contributed by atoms with Gasteiger partial charge in [0.15, 0.2) is 0 Å². The van der Waals surface area contributed by atoms with E-state index < -0.39 is 23.8 Å². The lowest BCUT2D eigenvalue weighted by atomic mass is 10.00. The number of unbranched alkanes of at least 4 members (excludes halogenated alkanes) is 5. The molecule has 0 fully saturated rings. The van der Waals surface area contributed by atoms with Crippen LogP contribution in [0.1, 0.15) is 104 Å². The van der Waals surface area contributed by atoms with Gasteiger partial charge in [0, 0.05) is 13.1 Å². The number of nitrogens with zero attached hydrogens (tertiary/aromatic N) is 1. The Hall–Kier alpha value is -2.83. The Bertz CT molecular complexity index is 847. The number of hydrogen-bond donors (Lipinski definition) is 2. The minimum Gasteiger partial charge on any atom is -0.444 e. The number of carbonyl (C=O) groups is 3. The van der Waals surface area contributed by atoms with Crippen LogP contribution in [0.25, 0.3) is 6.08 Å². The van der Waals surface area contributed by atoms with Crippen LogP contribution in [0, 0.1) is 0 Å². The van der Waals surface area contributed by atoms with Gasteiger partial charge in [0.2, 0.25) is 11.8 Å². The van der Waals surface area contributed by atoms with Crippen LogP contribution in [0.2, 0.25) is 0 Å². The van der Waals surface area contributed by atoms with Crippen molar-refractivity contribution in [1.29, 1.82) is 0 Å². The maximum atomic E-state index is 13.7. The topological polar surface area (TPSA) is 87.7 Å². The fourth-order valence-electron chi connectivity index (χ4n) is 3.86. The Morgan fingerprint density at radius 1 is 1.06 bits per heavy atom. The summed E-state index contributed by atoms with van der Waals surface area (Å²) in [5.74, 6) is -0.549. The van der Waals surface area contributed by atoms with Crippen molar-refractivity contribution in [2.24, 2.45) is 0 Å². The zero-order valence-electron chi connectivity index (χ0n) is 23.2. The van der Waals surface area contributed by atoms with Crippen molar-refractivity contribution in [3.8, 4) is 0 Å². The fourth-order valence-corrected chi connectivity index (χ4v) is 3.86. The fraction of sp³-hybridized carbons (Fsp3) is 0.621. The van der Waals surface area contributed by atoms with Gasteiger partial charge in [-0.1, -0.05) is 76.8 Å². The van der Waals surface area contributed by atoms with E-state index >= 15 is 0 Å². The number of hydrogen-bond acceptors (Lipinski definition) is 4. The van der Waals surface area contributed by atoms with E-state index in [1.54, 1.807) is 38.7 Å². The molecule has 0 saturated heterocycles. The highest BCUT2D eigenvalue weighted by molar-refractivity contribution is 5.92. The molecule has 0 aliphatic rings. The molecule has 0 saturated carbocycles. The average Bonchev–Trinajstić information content (AvgIpc) is 2.81. The van der Waals surface area contributed by atoms with Crippen molar-refractivity contribution in [2.45, 2.75) is 104 Å². The van der Waals surface area contributed by atoms with E-state index in [0.29, 0.717) is 18.7 Å². The molecule has 0 aliphatic heterocycles. The molecule has 0 spiro atoms. The van der Waals surface area contributed by atoms with Gasteiger partial charge in [0.05, 0.1) is 0 Å². The normalized spacial score (nSPS) is 12.8. The van der Waals surface area contributed by atoms with E-state index in [1.165, 1.54) is 0 Å². The number of carbonyl (C=O) groups excluding carboxylic acids is 3. The summed E-state index contributed by atoms with van der Waals surface area (Å²) in [5.41, 5.74) is 0.903. The van der Waals surface area contributed by atoms with E-state index in [-0.39, 0.29) is 11.8 Å². The summed E-state index contributed by atoms with van der Waals surface area (Å²) < 4.78 is 5.34. The van der Waals surface area contributed by atoms with Crippen molar-refractivity contribution >= 4 is 24.0 Å². The smallest absolute Gasteiger partial charge is 0.408 e. The van der Waals surface area contributed by atoms with E-state index in [0.717, 1.165) is 50.5 Å². The number of nitrogens with one attached hydrogen (secondary N) is 2. The minimum atomic E-state index is -0.857. The molecular formula is C29H47N3O4. The molecule has 1 rings (SSSR count). The highest BCUT2D eigenvalue weighted by Crippen LogP contribution is 2.25. The molecule has 2 unspecified atom stereocenters. The number of amides is 3. The molecule has 2 N–H and O–H groups in total. The van der Waals surface area contributed by atoms with Crippen molar-refractivity contribution in [1.82, 2.24) is 15.5 Å². The van der Waals surface area contributed by atoms with Gasteiger partial charge in [-0.3, -0.25) is 9.59 Å². The largest absolute Gasteiger partial charge is 0.444 e. The summed E-state index contributed by atoms with van der Waals surface area (Å²) in [6.07, 6.45) is 7.92. The number of rotatable bonds is 15. The lowest BCUT2D eigenvalue weighted by Gasteiger charge is -2.34. The number of benzene rings is 1. The first-order chi connectivity index (χ1) is 17.0. The Kier molecular flexibility index (Phi) is 13.9. The molecule has 0 bridgehead atoms. The molecule has 0 heterocycles. The summed E-state index contributed by atoms with van der Waals surface area (Å²) in [6, 6.07) is 5.85. The van der Waals surface area contributed by atoms with Gasteiger partial charge < -0.3 is 20.3 Å². The van der Waals surface area contributed by atoms with Crippen LogP contribution >= 0.6 is 0 Å². The van der Waals surface area contributed by atoms with Crippen molar-refractivity contribution in [3.63, 3.8) is 0 Å². The molecule has 7 nitrogen and oxygen atoms in total. The molecule has 7 heteroatoms. The zero-order valence-corrected chi connectivity index (χ0v) is 23.2. The summed E-state index contributed by atoms with van der Waals surface area (Å²) >= 11 is 0. The van der Waals surface area contributed by atoms with Crippen LogP contribution in [0.3, 0.4) is 0 Å². The first-order valence-electron chi connectivity index (χ1n) is 13.3. The first-order valence-corrected chi connectivity index (χ1v) is 13.3. The predicted octanol–water partition coefficient (Wildman–Crippen LogP) is 6.00. The highest BCUT2D eigenvalue weighted by atomic mass is 16.6. The number of ether oxygens (including phenoxy) is 1. The molecule has 0 aliphatic carbocycles. The summed E-state index contributed by atoms with van der Waals surface area (Å²) in [7, 11) is 0. The lowest BCUT2D eigenvalue weighted by molar-refractivity contribution is -0.142. The van der Waals surface area contributed by atoms with Gasteiger partial charge in [0.25, 0.3) is 0 Å². The van der Waals surface area contributed by atoms with Crippen molar-refractivity contribution in [2.75, 3.05) is 13.1 Å². The van der Waals surface area contributed by atoms with E-state index in [1.807, 2.05) is 24.3 Å². The lowest BCUT2D eigenvalue weighted by Crippen LogP contribution is -2.52. The van der Waals surface area contributed by atoms with Gasteiger partial charge in [-0.05, 0) is 57.7 Å². The second-order valence-corrected chi connectivity index (χ2v) is 10.2. The molecule has 1 aromatic rings.